The van der Waals surface area contributed by atoms with Crippen LogP contribution in [0.2, 0.25) is 0 Å². The van der Waals surface area contributed by atoms with Gasteiger partial charge in [-0.3, -0.25) is 0 Å². The molecule has 0 radical (unpaired) electrons. The molecule has 0 bridgehead atoms. The van der Waals surface area contributed by atoms with E-state index in [1.807, 2.05) is 0 Å². The maximum absolute atomic E-state index is 10.1. The Morgan fingerprint density at radius 2 is 2.20 bits per heavy atom. The van der Waals surface area contributed by atoms with Gasteiger partial charge in [0.25, 0.3) is 0 Å². The van der Waals surface area contributed by atoms with E-state index in [2.05, 4.69) is 27.8 Å². The van der Waals surface area contributed by atoms with Gasteiger partial charge in [-0.25, -0.2) is 0 Å². The predicted molar refractivity (Wildman–Crippen MR) is 47.2 cm³/mol. The van der Waals surface area contributed by atoms with Gasteiger partial charge in [0.05, 0.1) is 6.10 Å². The van der Waals surface area contributed by atoms with Crippen molar-refractivity contribution < 1.29 is 5.11 Å². The molecule has 0 aromatic heterocycles. The van der Waals surface area contributed by atoms with Crippen molar-refractivity contribution in [1.29, 1.82) is 0 Å². The second-order valence-corrected chi connectivity index (χ2v) is 4.41. The summed E-state index contributed by atoms with van der Waals surface area (Å²) in [6.07, 6.45) is 1.98. The van der Waals surface area contributed by atoms with Gasteiger partial charge in [0, 0.05) is 3.92 Å². The molecule has 4 heteroatoms. The Morgan fingerprint density at radius 3 is 2.70 bits per heavy atom. The monoisotopic (exact) mass is 255 g/mol. The fraction of sp³-hybridized carbons (Fsp3) is 1.00. The van der Waals surface area contributed by atoms with Crippen LogP contribution < -0.4 is 0 Å². The molecule has 1 N–H and O–H groups in total. The highest BCUT2D eigenvalue weighted by atomic mass is 127. The fourth-order valence-corrected chi connectivity index (χ4v) is 2.08. The molecule has 0 spiro atoms. The Morgan fingerprint density at radius 1 is 1.50 bits per heavy atom. The molecule has 10 heavy (non-hydrogen) atoms. The number of aliphatic hydroxyl groups is 1. The van der Waals surface area contributed by atoms with E-state index in [9.17, 15) is 10.0 Å². The quantitative estimate of drug-likeness (QED) is 0.438. The van der Waals surface area contributed by atoms with Crippen LogP contribution in [0.3, 0.4) is 0 Å². The second kappa shape index (κ2) is 3.61. The highest BCUT2D eigenvalue weighted by molar-refractivity contribution is 14.1. The van der Waals surface area contributed by atoms with Gasteiger partial charge < -0.3 is 5.11 Å². The van der Waals surface area contributed by atoms with E-state index in [0.29, 0.717) is 3.92 Å². The summed E-state index contributed by atoms with van der Waals surface area (Å²) < 4.78 is 0.519. The molecule has 1 aliphatic carbocycles. The lowest BCUT2D eigenvalue weighted by molar-refractivity contribution is 0.113. The standard InChI is InChI=1S/C6H10INO2/c7-4-1-2-5(8-10)6(9)3-4/h4-6,9H,1-3H2/t4?,5-,6?/m0/s1. The molecule has 1 saturated carbocycles. The Hall–Kier alpha value is 0.290. The zero-order valence-electron chi connectivity index (χ0n) is 5.53. The van der Waals surface area contributed by atoms with E-state index in [0.717, 1.165) is 19.3 Å². The molecule has 1 rings (SSSR count). The highest BCUT2D eigenvalue weighted by Crippen LogP contribution is 2.26. The van der Waals surface area contributed by atoms with Crippen LogP contribution >= 0.6 is 22.6 Å². The molecule has 3 nitrogen and oxygen atoms in total. The third kappa shape index (κ3) is 1.88. The maximum Gasteiger partial charge on any atom is 0.118 e. The van der Waals surface area contributed by atoms with Crippen molar-refractivity contribution in [3.05, 3.63) is 4.91 Å². The summed E-state index contributed by atoms with van der Waals surface area (Å²) in [5.41, 5.74) is 0. The largest absolute Gasteiger partial charge is 0.391 e. The van der Waals surface area contributed by atoms with E-state index >= 15 is 0 Å². The fourth-order valence-electron chi connectivity index (χ4n) is 1.20. The van der Waals surface area contributed by atoms with Crippen LogP contribution in [0.15, 0.2) is 5.18 Å². The van der Waals surface area contributed by atoms with Gasteiger partial charge in [0.1, 0.15) is 6.04 Å². The second-order valence-electron chi connectivity index (χ2n) is 2.65. The summed E-state index contributed by atoms with van der Waals surface area (Å²) in [5.74, 6) is 0. The number of hydrogen-bond acceptors (Lipinski definition) is 3. The van der Waals surface area contributed by atoms with Crippen molar-refractivity contribution in [1.82, 2.24) is 0 Å². The average Bonchev–Trinajstić information content (AvgIpc) is 1.88. The molecular formula is C6H10INO2. The lowest BCUT2D eigenvalue weighted by Crippen LogP contribution is -2.32. The van der Waals surface area contributed by atoms with Crippen molar-refractivity contribution in [3.8, 4) is 0 Å². The Kier molecular flexibility index (Phi) is 3.03. The summed E-state index contributed by atoms with van der Waals surface area (Å²) in [4.78, 5) is 10.1. The number of nitrogens with zero attached hydrogens (tertiary/aromatic N) is 1. The normalized spacial score (nSPS) is 41.2. The molecule has 0 amide bonds. The molecule has 0 aliphatic heterocycles. The molecule has 0 aromatic carbocycles. The molecule has 1 aliphatic rings. The zero-order valence-corrected chi connectivity index (χ0v) is 7.69. The molecule has 0 aromatic rings. The van der Waals surface area contributed by atoms with Gasteiger partial charge in [-0.15, -0.1) is 0 Å². The SMILES string of the molecule is O=N[C@H]1CCC(I)CC1O. The maximum atomic E-state index is 10.1. The molecule has 58 valence electrons. The predicted octanol–water partition coefficient (Wildman–Crippen LogP) is 1.47. The number of alkyl halides is 1. The number of aliphatic hydroxyl groups excluding tert-OH is 1. The minimum absolute atomic E-state index is 0.342. The first kappa shape index (κ1) is 8.39. The minimum Gasteiger partial charge on any atom is -0.391 e. The smallest absolute Gasteiger partial charge is 0.118 e. The highest BCUT2D eigenvalue weighted by Gasteiger charge is 2.28. The van der Waals surface area contributed by atoms with Crippen LogP contribution in [-0.2, 0) is 0 Å². The summed E-state index contributed by atoms with van der Waals surface area (Å²) in [6, 6.07) is -0.342. The first-order valence-electron chi connectivity index (χ1n) is 3.38. The van der Waals surface area contributed by atoms with Crippen molar-refractivity contribution in [3.63, 3.8) is 0 Å². The van der Waals surface area contributed by atoms with E-state index in [1.54, 1.807) is 0 Å². The van der Waals surface area contributed by atoms with Crippen molar-refractivity contribution in [2.75, 3.05) is 0 Å². The molecule has 0 heterocycles. The van der Waals surface area contributed by atoms with Crippen LogP contribution in [0.25, 0.3) is 0 Å². The molecule has 0 saturated heterocycles. The van der Waals surface area contributed by atoms with Crippen molar-refractivity contribution in [2.45, 2.75) is 35.3 Å². The topological polar surface area (TPSA) is 49.7 Å². The summed E-state index contributed by atoms with van der Waals surface area (Å²) >= 11 is 2.29. The van der Waals surface area contributed by atoms with Gasteiger partial charge >= 0.3 is 0 Å². The summed E-state index contributed by atoms with van der Waals surface area (Å²) in [7, 11) is 0. The molecular weight excluding hydrogens is 245 g/mol. The van der Waals surface area contributed by atoms with Crippen LogP contribution in [0, 0.1) is 4.91 Å². The van der Waals surface area contributed by atoms with E-state index in [1.165, 1.54) is 0 Å². The molecule has 2 unspecified atom stereocenters. The third-order valence-electron chi connectivity index (χ3n) is 1.85. The summed E-state index contributed by atoms with van der Waals surface area (Å²) in [5, 5.41) is 12.1. The van der Waals surface area contributed by atoms with E-state index in [4.69, 9.17) is 0 Å². The summed E-state index contributed by atoms with van der Waals surface area (Å²) in [6.45, 7) is 0. The Labute approximate surface area is 73.3 Å². The average molecular weight is 255 g/mol. The zero-order chi connectivity index (χ0) is 7.56. The first-order valence-corrected chi connectivity index (χ1v) is 4.63. The van der Waals surface area contributed by atoms with Gasteiger partial charge in [-0.2, -0.15) is 4.91 Å². The Balaban J connectivity index is 2.43. The van der Waals surface area contributed by atoms with Crippen LogP contribution in [0.4, 0.5) is 0 Å². The van der Waals surface area contributed by atoms with Crippen LogP contribution in [0.1, 0.15) is 19.3 Å². The lowest BCUT2D eigenvalue weighted by atomic mass is 9.93. The Bertz CT molecular complexity index is 131. The molecule has 3 atom stereocenters. The van der Waals surface area contributed by atoms with Crippen molar-refractivity contribution >= 4 is 22.6 Å². The van der Waals surface area contributed by atoms with E-state index < -0.39 is 6.10 Å². The number of hydrogen-bond donors (Lipinski definition) is 1. The number of nitroso groups, excluding NO2 is 1. The minimum atomic E-state index is -0.492. The van der Waals surface area contributed by atoms with E-state index in [-0.39, 0.29) is 6.04 Å². The third-order valence-corrected chi connectivity index (χ3v) is 2.98. The van der Waals surface area contributed by atoms with Gasteiger partial charge in [-0.1, -0.05) is 27.8 Å². The van der Waals surface area contributed by atoms with Crippen LogP contribution in [0.5, 0.6) is 0 Å². The van der Waals surface area contributed by atoms with Gasteiger partial charge in [-0.05, 0) is 19.3 Å². The molecule has 1 fully saturated rings. The van der Waals surface area contributed by atoms with Gasteiger partial charge in [0.15, 0.2) is 0 Å². The van der Waals surface area contributed by atoms with Crippen LogP contribution in [-0.4, -0.2) is 21.2 Å². The number of halogens is 1. The first-order chi connectivity index (χ1) is 4.74. The van der Waals surface area contributed by atoms with Crippen molar-refractivity contribution in [2.24, 2.45) is 5.18 Å². The lowest BCUT2D eigenvalue weighted by Gasteiger charge is -2.25. The van der Waals surface area contributed by atoms with Gasteiger partial charge in [0.2, 0.25) is 0 Å². The number of rotatable bonds is 1.